The van der Waals surface area contributed by atoms with Gasteiger partial charge in [-0.2, -0.15) is 0 Å². The molecule has 0 amide bonds. The molecule has 0 aliphatic heterocycles. The van der Waals surface area contributed by atoms with Gasteiger partial charge in [-0.05, 0) is 48.2 Å². The first-order valence-corrected chi connectivity index (χ1v) is 11.2. The zero-order valence-corrected chi connectivity index (χ0v) is 17.7. The lowest BCUT2D eigenvalue weighted by Gasteiger charge is -2.13. The normalized spacial score (nSPS) is 12.5. The van der Waals surface area contributed by atoms with Crippen molar-refractivity contribution in [3.63, 3.8) is 0 Å². The van der Waals surface area contributed by atoms with Gasteiger partial charge in [0.05, 0.1) is 0 Å². The number of aromatic amines is 1. The fourth-order valence-electron chi connectivity index (χ4n) is 3.68. The highest BCUT2D eigenvalue weighted by molar-refractivity contribution is 7.17. The Balaban J connectivity index is 1.11. The van der Waals surface area contributed by atoms with Crippen LogP contribution in [0.1, 0.15) is 5.56 Å². The van der Waals surface area contributed by atoms with E-state index < -0.39 is 6.10 Å². The van der Waals surface area contributed by atoms with Crippen LogP contribution in [0, 0.1) is 0 Å². The van der Waals surface area contributed by atoms with Gasteiger partial charge >= 0.3 is 0 Å². The topological polar surface area (TPSA) is 83.3 Å². The van der Waals surface area contributed by atoms with Crippen LogP contribution in [0.4, 0.5) is 0 Å². The third-order valence-electron chi connectivity index (χ3n) is 5.26. The highest BCUT2D eigenvalue weighted by atomic mass is 32.1. The first-order valence-electron chi connectivity index (χ1n) is 10.3. The molecule has 1 unspecified atom stereocenters. The Morgan fingerprint density at radius 3 is 3.06 bits per heavy atom. The van der Waals surface area contributed by atoms with Gasteiger partial charge in [0, 0.05) is 29.2 Å². The van der Waals surface area contributed by atoms with Crippen LogP contribution < -0.4 is 10.1 Å². The van der Waals surface area contributed by atoms with Crippen molar-refractivity contribution in [1.82, 2.24) is 15.5 Å². The summed E-state index contributed by atoms with van der Waals surface area (Å²) in [6.45, 7) is 1.48. The molecule has 3 N–H and O–H groups in total. The van der Waals surface area contributed by atoms with Gasteiger partial charge in [-0.3, -0.25) is 0 Å². The van der Waals surface area contributed by atoms with E-state index in [1.54, 1.807) is 11.3 Å². The number of para-hydroxylation sites is 1. The summed E-state index contributed by atoms with van der Waals surface area (Å²) in [5.74, 6) is 0.697. The number of benzene rings is 2. The van der Waals surface area contributed by atoms with Crippen LogP contribution in [0.15, 0.2) is 70.7 Å². The number of nitrogens with zero attached hydrogens (tertiary/aromatic N) is 1. The molecule has 3 aromatic heterocycles. The molecule has 31 heavy (non-hydrogen) atoms. The molecule has 0 aliphatic rings. The Bertz CT molecular complexity index is 1290. The average molecular weight is 434 g/mol. The van der Waals surface area contributed by atoms with Gasteiger partial charge in [0.2, 0.25) is 0 Å². The van der Waals surface area contributed by atoms with Crippen LogP contribution in [0.3, 0.4) is 0 Å². The molecule has 0 spiro atoms. The van der Waals surface area contributed by atoms with Crippen molar-refractivity contribution in [1.29, 1.82) is 0 Å². The zero-order chi connectivity index (χ0) is 21.0. The SMILES string of the molecule is OC(CNCCc1c[nH]c2ccccc12)COc1cccc(-c2noc3ccsc23)c1. The number of fused-ring (bicyclic) bond motifs is 2. The first-order chi connectivity index (χ1) is 15.3. The van der Waals surface area contributed by atoms with Crippen molar-refractivity contribution in [3.8, 4) is 17.0 Å². The largest absolute Gasteiger partial charge is 0.491 e. The van der Waals surface area contributed by atoms with E-state index in [4.69, 9.17) is 9.26 Å². The van der Waals surface area contributed by atoms with Crippen molar-refractivity contribution >= 4 is 32.5 Å². The lowest BCUT2D eigenvalue weighted by molar-refractivity contribution is 0.106. The van der Waals surface area contributed by atoms with Crippen LogP contribution in [-0.4, -0.2) is 41.0 Å². The molecule has 0 radical (unpaired) electrons. The van der Waals surface area contributed by atoms with Crippen LogP contribution in [0.5, 0.6) is 5.75 Å². The van der Waals surface area contributed by atoms with E-state index >= 15 is 0 Å². The maximum absolute atomic E-state index is 10.3. The molecule has 158 valence electrons. The number of H-pyrrole nitrogens is 1. The van der Waals surface area contributed by atoms with E-state index in [-0.39, 0.29) is 6.61 Å². The number of thiophene rings is 1. The van der Waals surface area contributed by atoms with Crippen molar-refractivity contribution < 1.29 is 14.4 Å². The third kappa shape index (κ3) is 4.34. The second-order valence-electron chi connectivity index (χ2n) is 7.45. The standard InChI is InChI=1S/C24H23N3O3S/c28-18(14-25-10-8-17-13-26-21-7-2-1-6-20(17)21)15-29-19-5-3-4-16(12-19)23-24-22(30-27-23)9-11-31-24/h1-7,9,11-13,18,25-26,28H,8,10,14-15H2. The molecule has 7 heteroatoms. The minimum atomic E-state index is -0.595. The van der Waals surface area contributed by atoms with Crippen LogP contribution in [0.25, 0.3) is 32.4 Å². The van der Waals surface area contributed by atoms with E-state index in [2.05, 4.69) is 39.9 Å². The summed E-state index contributed by atoms with van der Waals surface area (Å²) in [5.41, 5.74) is 4.97. The van der Waals surface area contributed by atoms with Crippen LogP contribution >= 0.6 is 11.3 Å². The number of aliphatic hydroxyl groups is 1. The van der Waals surface area contributed by atoms with E-state index in [0.717, 1.165) is 40.0 Å². The molecule has 1 atom stereocenters. The average Bonchev–Trinajstić information content (AvgIpc) is 3.51. The number of ether oxygens (including phenoxy) is 1. The number of hydrogen-bond acceptors (Lipinski definition) is 6. The maximum atomic E-state index is 10.3. The lowest BCUT2D eigenvalue weighted by Crippen LogP contribution is -2.32. The highest BCUT2D eigenvalue weighted by Crippen LogP contribution is 2.33. The van der Waals surface area contributed by atoms with Gasteiger partial charge < -0.3 is 24.7 Å². The number of rotatable bonds is 9. The van der Waals surface area contributed by atoms with Crippen molar-refractivity contribution in [3.05, 3.63) is 71.7 Å². The van der Waals surface area contributed by atoms with E-state index in [1.165, 1.54) is 10.9 Å². The van der Waals surface area contributed by atoms with Gasteiger partial charge in [0.25, 0.3) is 0 Å². The van der Waals surface area contributed by atoms with Crippen molar-refractivity contribution in [2.75, 3.05) is 19.7 Å². The molecule has 2 aromatic carbocycles. The third-order valence-corrected chi connectivity index (χ3v) is 6.16. The monoisotopic (exact) mass is 433 g/mol. The summed E-state index contributed by atoms with van der Waals surface area (Å²) >= 11 is 1.60. The summed E-state index contributed by atoms with van der Waals surface area (Å²) in [4.78, 5) is 3.29. The molecule has 0 bridgehead atoms. The Morgan fingerprint density at radius 2 is 2.10 bits per heavy atom. The molecule has 6 nitrogen and oxygen atoms in total. The minimum Gasteiger partial charge on any atom is -0.491 e. The Hall–Kier alpha value is -3.13. The molecule has 0 aliphatic carbocycles. The molecule has 3 heterocycles. The number of hydrogen-bond donors (Lipinski definition) is 3. The molecular formula is C24H23N3O3S. The van der Waals surface area contributed by atoms with Gasteiger partial charge in [-0.1, -0.05) is 35.5 Å². The minimum absolute atomic E-state index is 0.219. The smallest absolute Gasteiger partial charge is 0.178 e. The lowest BCUT2D eigenvalue weighted by atomic mass is 10.1. The quantitative estimate of drug-likeness (QED) is 0.296. The van der Waals surface area contributed by atoms with Crippen LogP contribution in [-0.2, 0) is 6.42 Å². The number of nitrogens with one attached hydrogen (secondary N) is 2. The molecule has 0 saturated heterocycles. The first kappa shape index (κ1) is 19.8. The Morgan fingerprint density at radius 1 is 1.16 bits per heavy atom. The molecule has 5 aromatic rings. The van der Waals surface area contributed by atoms with Crippen molar-refractivity contribution in [2.45, 2.75) is 12.5 Å². The van der Waals surface area contributed by atoms with E-state index in [0.29, 0.717) is 12.3 Å². The molecule has 0 saturated carbocycles. The van der Waals surface area contributed by atoms with E-state index in [9.17, 15) is 5.11 Å². The molecular weight excluding hydrogens is 410 g/mol. The maximum Gasteiger partial charge on any atom is 0.178 e. The van der Waals surface area contributed by atoms with Crippen LogP contribution in [0.2, 0.25) is 0 Å². The second-order valence-corrected chi connectivity index (χ2v) is 8.37. The summed E-state index contributed by atoms with van der Waals surface area (Å²) < 4.78 is 12.2. The fourth-order valence-corrected chi connectivity index (χ4v) is 4.49. The van der Waals surface area contributed by atoms with Gasteiger partial charge in [0.1, 0.15) is 28.9 Å². The van der Waals surface area contributed by atoms with Gasteiger partial charge in [-0.25, -0.2) is 0 Å². The highest BCUT2D eigenvalue weighted by Gasteiger charge is 2.13. The van der Waals surface area contributed by atoms with Crippen molar-refractivity contribution in [2.24, 2.45) is 0 Å². The van der Waals surface area contributed by atoms with E-state index in [1.807, 2.05) is 41.8 Å². The summed E-state index contributed by atoms with van der Waals surface area (Å²) in [6, 6.07) is 17.9. The second kappa shape index (κ2) is 8.93. The molecule has 0 fully saturated rings. The zero-order valence-electron chi connectivity index (χ0n) is 16.9. The van der Waals surface area contributed by atoms with Gasteiger partial charge in [-0.15, -0.1) is 11.3 Å². The summed E-state index contributed by atoms with van der Waals surface area (Å²) in [6.07, 6.45) is 2.36. The predicted molar refractivity (Wildman–Crippen MR) is 124 cm³/mol. The number of aromatic nitrogens is 2. The fraction of sp³-hybridized carbons (Fsp3) is 0.208. The predicted octanol–water partition coefficient (Wildman–Crippen LogP) is 4.61. The summed E-state index contributed by atoms with van der Waals surface area (Å²) in [7, 11) is 0. The molecule has 5 rings (SSSR count). The Kier molecular flexibility index (Phi) is 5.71. The number of aliphatic hydroxyl groups excluding tert-OH is 1. The Labute approximate surface area is 183 Å². The summed E-state index contributed by atoms with van der Waals surface area (Å²) in [5, 5.41) is 21.0. The van der Waals surface area contributed by atoms with Gasteiger partial charge in [0.15, 0.2) is 5.58 Å².